The van der Waals surface area contributed by atoms with E-state index in [4.69, 9.17) is 21.1 Å². The summed E-state index contributed by atoms with van der Waals surface area (Å²) in [5.74, 6) is 0.780. The number of carbonyl (C=O) groups excluding carboxylic acids is 1. The number of nitriles is 1. The number of carbonyl (C=O) groups is 1. The summed E-state index contributed by atoms with van der Waals surface area (Å²) >= 11 is 6.01. The fourth-order valence-electron chi connectivity index (χ4n) is 2.75. The zero-order valence-electron chi connectivity index (χ0n) is 15.8. The van der Waals surface area contributed by atoms with Gasteiger partial charge in [-0.05, 0) is 59.2 Å². The molecule has 5 heteroatoms. The maximum absolute atomic E-state index is 12.2. The summed E-state index contributed by atoms with van der Waals surface area (Å²) in [6.07, 6.45) is 1.88. The third kappa shape index (κ3) is 5.71. The molecule has 29 heavy (non-hydrogen) atoms. The smallest absolute Gasteiger partial charge is 0.315 e. The Kier molecular flexibility index (Phi) is 6.67. The van der Waals surface area contributed by atoms with Gasteiger partial charge < -0.3 is 9.47 Å². The van der Waals surface area contributed by atoms with Crippen molar-refractivity contribution in [3.63, 3.8) is 0 Å². The van der Waals surface area contributed by atoms with Gasteiger partial charge in [0.1, 0.15) is 11.5 Å². The molecule has 0 heterocycles. The molecule has 0 amide bonds. The molecule has 4 nitrogen and oxygen atoms in total. The van der Waals surface area contributed by atoms with Gasteiger partial charge in [-0.1, -0.05) is 48.0 Å². The molecule has 3 aromatic rings. The Morgan fingerprint density at radius 2 is 1.79 bits per heavy atom. The molecule has 0 aliphatic heterocycles. The average molecular weight is 404 g/mol. The Hall–Kier alpha value is -3.55. The van der Waals surface area contributed by atoms with E-state index in [1.165, 1.54) is 0 Å². The quantitative estimate of drug-likeness (QED) is 0.234. The van der Waals surface area contributed by atoms with Gasteiger partial charge in [0.25, 0.3) is 0 Å². The van der Waals surface area contributed by atoms with Crippen molar-refractivity contribution >= 4 is 29.2 Å². The first-order valence-corrected chi connectivity index (χ1v) is 9.26. The van der Waals surface area contributed by atoms with Crippen molar-refractivity contribution in [3.05, 3.63) is 94.5 Å². The summed E-state index contributed by atoms with van der Waals surface area (Å²) in [6.45, 7) is 0. The topological polar surface area (TPSA) is 59.3 Å². The predicted octanol–water partition coefficient (Wildman–Crippen LogP) is 5.56. The van der Waals surface area contributed by atoms with Crippen molar-refractivity contribution in [1.29, 1.82) is 5.26 Å². The summed E-state index contributed by atoms with van der Waals surface area (Å²) in [4.78, 5) is 12.2. The molecule has 3 aromatic carbocycles. The monoisotopic (exact) mass is 403 g/mol. The first kappa shape index (κ1) is 20.2. The van der Waals surface area contributed by atoms with Crippen molar-refractivity contribution in [3.8, 4) is 17.6 Å². The average Bonchev–Trinajstić information content (AvgIpc) is 2.73. The van der Waals surface area contributed by atoms with Gasteiger partial charge in [-0.3, -0.25) is 4.79 Å². The highest BCUT2D eigenvalue weighted by molar-refractivity contribution is 6.30. The Morgan fingerprint density at radius 1 is 1.03 bits per heavy atom. The Morgan fingerprint density at radius 3 is 2.48 bits per heavy atom. The molecule has 0 N–H and O–H groups in total. The van der Waals surface area contributed by atoms with Gasteiger partial charge in [0, 0.05) is 5.02 Å². The molecule has 0 spiro atoms. The zero-order chi connectivity index (χ0) is 20.6. The first-order valence-electron chi connectivity index (χ1n) is 8.89. The van der Waals surface area contributed by atoms with Crippen LogP contribution in [0.3, 0.4) is 0 Å². The molecule has 0 radical (unpaired) electrons. The maximum Gasteiger partial charge on any atom is 0.315 e. The summed E-state index contributed by atoms with van der Waals surface area (Å²) < 4.78 is 10.6. The third-order valence-electron chi connectivity index (χ3n) is 4.16. The van der Waals surface area contributed by atoms with Crippen LogP contribution in [0.25, 0.3) is 11.6 Å². The summed E-state index contributed by atoms with van der Waals surface area (Å²) in [7, 11) is 1.59. The van der Waals surface area contributed by atoms with E-state index in [1.807, 2.05) is 24.3 Å². The van der Waals surface area contributed by atoms with Crippen LogP contribution in [0.5, 0.6) is 11.5 Å². The SMILES string of the molecule is COc1ccc(CC(=O)Oc2cccc(/C=C(/C#N)c3cccc(Cl)c3)c2)cc1. The number of allylic oxidation sites excluding steroid dienone is 1. The largest absolute Gasteiger partial charge is 0.497 e. The molecule has 0 bridgehead atoms. The molecule has 3 rings (SSSR count). The fraction of sp³-hybridized carbons (Fsp3) is 0.0833. The van der Waals surface area contributed by atoms with E-state index in [-0.39, 0.29) is 12.4 Å². The highest BCUT2D eigenvalue weighted by Crippen LogP contribution is 2.23. The number of methoxy groups -OCH3 is 1. The number of benzene rings is 3. The molecule has 0 fully saturated rings. The van der Waals surface area contributed by atoms with Crippen LogP contribution in [0.1, 0.15) is 16.7 Å². The second kappa shape index (κ2) is 9.59. The van der Waals surface area contributed by atoms with Gasteiger partial charge in [0.2, 0.25) is 0 Å². The minimum Gasteiger partial charge on any atom is -0.497 e. The lowest BCUT2D eigenvalue weighted by Gasteiger charge is -2.07. The molecule has 0 aliphatic carbocycles. The fourth-order valence-corrected chi connectivity index (χ4v) is 2.94. The molecule has 0 saturated carbocycles. The van der Waals surface area contributed by atoms with Crippen molar-refractivity contribution < 1.29 is 14.3 Å². The molecule has 0 aliphatic rings. The minimum absolute atomic E-state index is 0.149. The van der Waals surface area contributed by atoms with Crippen molar-refractivity contribution in [2.75, 3.05) is 7.11 Å². The lowest BCUT2D eigenvalue weighted by atomic mass is 10.0. The Balaban J connectivity index is 1.73. The molecule has 0 saturated heterocycles. The van der Waals surface area contributed by atoms with Gasteiger partial charge in [-0.2, -0.15) is 5.26 Å². The number of ether oxygens (including phenoxy) is 2. The lowest BCUT2D eigenvalue weighted by Crippen LogP contribution is -2.11. The van der Waals surface area contributed by atoms with E-state index in [0.29, 0.717) is 16.3 Å². The predicted molar refractivity (Wildman–Crippen MR) is 114 cm³/mol. The van der Waals surface area contributed by atoms with Crippen LogP contribution in [0.15, 0.2) is 72.8 Å². The van der Waals surface area contributed by atoms with Crippen LogP contribution < -0.4 is 9.47 Å². The minimum atomic E-state index is -0.369. The van der Waals surface area contributed by atoms with E-state index >= 15 is 0 Å². The first-order chi connectivity index (χ1) is 14.1. The Bertz CT molecular complexity index is 1080. The van der Waals surface area contributed by atoms with Gasteiger partial charge in [0.15, 0.2) is 0 Å². The van der Waals surface area contributed by atoms with Gasteiger partial charge >= 0.3 is 5.97 Å². The Labute approximate surface area is 174 Å². The van der Waals surface area contributed by atoms with E-state index < -0.39 is 0 Å². The van der Waals surface area contributed by atoms with Crippen molar-refractivity contribution in [2.24, 2.45) is 0 Å². The van der Waals surface area contributed by atoms with E-state index in [2.05, 4.69) is 6.07 Å². The van der Waals surface area contributed by atoms with E-state index in [9.17, 15) is 10.1 Å². The second-order valence-electron chi connectivity index (χ2n) is 6.25. The van der Waals surface area contributed by atoms with Gasteiger partial charge in [-0.25, -0.2) is 0 Å². The third-order valence-corrected chi connectivity index (χ3v) is 4.40. The van der Waals surface area contributed by atoms with Crippen molar-refractivity contribution in [1.82, 2.24) is 0 Å². The van der Waals surface area contributed by atoms with Gasteiger partial charge in [0.05, 0.1) is 25.2 Å². The summed E-state index contributed by atoms with van der Waals surface area (Å²) in [5, 5.41) is 10.1. The molecule has 144 valence electrons. The zero-order valence-corrected chi connectivity index (χ0v) is 16.5. The number of halogens is 1. The molecule has 0 unspecified atom stereocenters. The number of hydrogen-bond donors (Lipinski definition) is 0. The second-order valence-corrected chi connectivity index (χ2v) is 6.69. The van der Waals surface area contributed by atoms with E-state index in [1.54, 1.807) is 61.7 Å². The standard InChI is InChI=1S/C24H18ClNO3/c1-28-22-10-8-17(9-11-22)14-24(27)29-23-7-2-4-18(13-23)12-20(16-26)19-5-3-6-21(25)15-19/h2-13,15H,14H2,1H3/b20-12-. The number of nitrogens with zero attached hydrogens (tertiary/aromatic N) is 1. The normalized spacial score (nSPS) is 10.9. The van der Waals surface area contributed by atoms with Crippen LogP contribution in [0.2, 0.25) is 5.02 Å². The van der Waals surface area contributed by atoms with Crippen LogP contribution in [-0.2, 0) is 11.2 Å². The van der Waals surface area contributed by atoms with Crippen LogP contribution in [-0.4, -0.2) is 13.1 Å². The molecular formula is C24H18ClNO3. The molecule has 0 atom stereocenters. The summed E-state index contributed by atoms with van der Waals surface area (Å²) in [5.41, 5.74) is 2.77. The van der Waals surface area contributed by atoms with Crippen LogP contribution in [0.4, 0.5) is 0 Å². The number of rotatable bonds is 6. The molecule has 0 aromatic heterocycles. The summed E-state index contributed by atoms with van der Waals surface area (Å²) in [6, 6.07) is 23.5. The lowest BCUT2D eigenvalue weighted by molar-refractivity contribution is -0.133. The highest BCUT2D eigenvalue weighted by Gasteiger charge is 2.08. The maximum atomic E-state index is 12.2. The highest BCUT2D eigenvalue weighted by atomic mass is 35.5. The van der Waals surface area contributed by atoms with Crippen LogP contribution in [0, 0.1) is 11.3 Å². The van der Waals surface area contributed by atoms with Gasteiger partial charge in [-0.15, -0.1) is 0 Å². The van der Waals surface area contributed by atoms with Crippen LogP contribution >= 0.6 is 11.6 Å². The van der Waals surface area contributed by atoms with Crippen molar-refractivity contribution in [2.45, 2.75) is 6.42 Å². The van der Waals surface area contributed by atoms with E-state index in [0.717, 1.165) is 22.4 Å². The molecular weight excluding hydrogens is 386 g/mol. The number of esters is 1. The number of hydrogen-bond acceptors (Lipinski definition) is 4.